The standard InChI is InChI=1S/C9H12NO2/c11-7-3-4-8-12-9-5-1-2-6-10-9/h1,5-6,11H,3-4,7-8H2. The molecule has 1 rings (SSSR count). The second kappa shape index (κ2) is 5.55. The van der Waals surface area contributed by atoms with Gasteiger partial charge >= 0.3 is 0 Å². The van der Waals surface area contributed by atoms with Gasteiger partial charge in [-0.05, 0) is 18.9 Å². The Morgan fingerprint density at radius 3 is 3.08 bits per heavy atom. The summed E-state index contributed by atoms with van der Waals surface area (Å²) < 4.78 is 5.27. The van der Waals surface area contributed by atoms with E-state index in [1.165, 1.54) is 0 Å². The van der Waals surface area contributed by atoms with Crippen LogP contribution in [0, 0.1) is 6.07 Å². The Morgan fingerprint density at radius 1 is 1.50 bits per heavy atom. The first-order valence-electron chi connectivity index (χ1n) is 3.99. The highest BCUT2D eigenvalue weighted by Gasteiger charge is 1.91. The lowest BCUT2D eigenvalue weighted by atomic mass is 10.3. The SMILES string of the molecule is OCCCCOc1cc[c]cn1. The van der Waals surface area contributed by atoms with E-state index < -0.39 is 0 Å². The summed E-state index contributed by atoms with van der Waals surface area (Å²) >= 11 is 0. The van der Waals surface area contributed by atoms with Gasteiger partial charge in [0.15, 0.2) is 0 Å². The van der Waals surface area contributed by atoms with E-state index in [2.05, 4.69) is 11.1 Å². The van der Waals surface area contributed by atoms with Crippen LogP contribution >= 0.6 is 0 Å². The zero-order valence-corrected chi connectivity index (χ0v) is 6.86. The number of hydrogen-bond acceptors (Lipinski definition) is 3. The number of ether oxygens (including phenoxy) is 1. The number of nitrogens with zero attached hydrogens (tertiary/aromatic N) is 1. The number of rotatable bonds is 5. The van der Waals surface area contributed by atoms with E-state index in [-0.39, 0.29) is 6.61 Å². The van der Waals surface area contributed by atoms with Gasteiger partial charge in [-0.25, -0.2) is 4.98 Å². The number of aliphatic hydroxyl groups is 1. The minimum atomic E-state index is 0.222. The average molecular weight is 166 g/mol. The maximum atomic E-state index is 8.49. The Labute approximate surface area is 72.0 Å². The molecule has 12 heavy (non-hydrogen) atoms. The van der Waals surface area contributed by atoms with Gasteiger partial charge in [0.2, 0.25) is 5.88 Å². The lowest BCUT2D eigenvalue weighted by Gasteiger charge is -2.02. The van der Waals surface area contributed by atoms with Crippen LogP contribution in [-0.4, -0.2) is 23.3 Å². The van der Waals surface area contributed by atoms with Crippen molar-refractivity contribution in [2.24, 2.45) is 0 Å². The largest absolute Gasteiger partial charge is 0.478 e. The summed E-state index contributed by atoms with van der Waals surface area (Å²) in [7, 11) is 0. The molecule has 0 amide bonds. The van der Waals surface area contributed by atoms with Crippen LogP contribution in [0.1, 0.15) is 12.8 Å². The third-order valence-corrected chi connectivity index (χ3v) is 1.39. The molecule has 0 atom stereocenters. The normalized spacial score (nSPS) is 9.75. The molecule has 1 heterocycles. The zero-order valence-electron chi connectivity index (χ0n) is 6.86. The Balaban J connectivity index is 2.16. The van der Waals surface area contributed by atoms with Crippen LogP contribution in [-0.2, 0) is 0 Å². The maximum absolute atomic E-state index is 8.49. The van der Waals surface area contributed by atoms with Crippen LogP contribution in [0.25, 0.3) is 0 Å². The topological polar surface area (TPSA) is 42.4 Å². The highest BCUT2D eigenvalue weighted by Crippen LogP contribution is 2.03. The lowest BCUT2D eigenvalue weighted by molar-refractivity contribution is 0.249. The number of unbranched alkanes of at least 4 members (excludes halogenated alkanes) is 1. The van der Waals surface area contributed by atoms with Crippen molar-refractivity contribution >= 4 is 0 Å². The number of pyridine rings is 1. The predicted octanol–water partition coefficient (Wildman–Crippen LogP) is 1.03. The summed E-state index contributed by atoms with van der Waals surface area (Å²) in [4.78, 5) is 3.94. The van der Waals surface area contributed by atoms with E-state index in [1.54, 1.807) is 18.3 Å². The quantitative estimate of drug-likeness (QED) is 0.664. The molecule has 3 nitrogen and oxygen atoms in total. The van der Waals surface area contributed by atoms with Gasteiger partial charge in [-0.3, -0.25) is 0 Å². The monoisotopic (exact) mass is 166 g/mol. The van der Waals surface area contributed by atoms with Crippen molar-refractivity contribution < 1.29 is 9.84 Å². The summed E-state index contributed by atoms with van der Waals surface area (Å²) in [5, 5.41) is 8.49. The molecule has 3 heteroatoms. The van der Waals surface area contributed by atoms with Crippen LogP contribution in [0.15, 0.2) is 18.3 Å². The van der Waals surface area contributed by atoms with Crippen LogP contribution in [0.3, 0.4) is 0 Å². The summed E-state index contributed by atoms with van der Waals surface area (Å²) in [6.07, 6.45) is 3.21. The van der Waals surface area contributed by atoms with Crippen molar-refractivity contribution in [2.45, 2.75) is 12.8 Å². The van der Waals surface area contributed by atoms with Gasteiger partial charge in [0.05, 0.1) is 6.61 Å². The zero-order chi connectivity index (χ0) is 8.65. The second-order valence-corrected chi connectivity index (χ2v) is 2.38. The molecule has 0 bridgehead atoms. The van der Waals surface area contributed by atoms with Crippen molar-refractivity contribution in [3.05, 3.63) is 24.4 Å². The number of hydrogen-bond donors (Lipinski definition) is 1. The Morgan fingerprint density at radius 2 is 2.42 bits per heavy atom. The fraction of sp³-hybridized carbons (Fsp3) is 0.444. The van der Waals surface area contributed by atoms with Gasteiger partial charge in [0, 0.05) is 24.9 Å². The van der Waals surface area contributed by atoms with Gasteiger partial charge in [0.1, 0.15) is 0 Å². The molecule has 1 radical (unpaired) electrons. The van der Waals surface area contributed by atoms with Crippen LogP contribution < -0.4 is 4.74 Å². The molecule has 1 aromatic heterocycles. The van der Waals surface area contributed by atoms with E-state index in [0.29, 0.717) is 12.5 Å². The smallest absolute Gasteiger partial charge is 0.213 e. The van der Waals surface area contributed by atoms with Gasteiger partial charge in [-0.15, -0.1) is 0 Å². The van der Waals surface area contributed by atoms with Crippen molar-refractivity contribution in [2.75, 3.05) is 13.2 Å². The van der Waals surface area contributed by atoms with E-state index in [9.17, 15) is 0 Å². The predicted molar refractivity (Wildman–Crippen MR) is 44.9 cm³/mol. The third kappa shape index (κ3) is 3.34. The fourth-order valence-corrected chi connectivity index (χ4v) is 0.782. The van der Waals surface area contributed by atoms with Gasteiger partial charge in [-0.2, -0.15) is 0 Å². The van der Waals surface area contributed by atoms with Crippen molar-refractivity contribution in [3.63, 3.8) is 0 Å². The first kappa shape index (κ1) is 9.00. The van der Waals surface area contributed by atoms with Crippen LogP contribution in [0.5, 0.6) is 5.88 Å². The molecular formula is C9H12NO2. The Hall–Kier alpha value is -1.09. The lowest BCUT2D eigenvalue weighted by Crippen LogP contribution is -1.99. The molecule has 1 aromatic rings. The van der Waals surface area contributed by atoms with Crippen LogP contribution in [0.2, 0.25) is 0 Å². The van der Waals surface area contributed by atoms with Crippen molar-refractivity contribution in [1.82, 2.24) is 4.98 Å². The molecule has 65 valence electrons. The molecular weight excluding hydrogens is 154 g/mol. The highest BCUT2D eigenvalue weighted by molar-refractivity contribution is 5.08. The first-order valence-corrected chi connectivity index (χ1v) is 3.99. The van der Waals surface area contributed by atoms with Gasteiger partial charge in [0.25, 0.3) is 0 Å². The van der Waals surface area contributed by atoms with Crippen molar-refractivity contribution in [3.8, 4) is 5.88 Å². The summed E-state index contributed by atoms with van der Waals surface area (Å²) in [5.74, 6) is 0.617. The van der Waals surface area contributed by atoms with Gasteiger partial charge < -0.3 is 9.84 Å². The first-order chi connectivity index (χ1) is 5.93. The number of aliphatic hydroxyl groups excluding tert-OH is 1. The van der Waals surface area contributed by atoms with E-state index in [4.69, 9.17) is 9.84 Å². The minimum Gasteiger partial charge on any atom is -0.478 e. The average Bonchev–Trinajstić information content (AvgIpc) is 2.14. The molecule has 0 aliphatic carbocycles. The Kier molecular flexibility index (Phi) is 4.16. The molecule has 0 fully saturated rings. The highest BCUT2D eigenvalue weighted by atomic mass is 16.5. The molecule has 0 aromatic carbocycles. The molecule has 0 saturated carbocycles. The van der Waals surface area contributed by atoms with E-state index in [0.717, 1.165) is 12.8 Å². The summed E-state index contributed by atoms with van der Waals surface area (Å²) in [5.41, 5.74) is 0. The van der Waals surface area contributed by atoms with E-state index >= 15 is 0 Å². The van der Waals surface area contributed by atoms with Gasteiger partial charge in [-0.1, -0.05) is 0 Å². The molecule has 0 saturated heterocycles. The molecule has 0 aliphatic heterocycles. The van der Waals surface area contributed by atoms with Crippen molar-refractivity contribution in [1.29, 1.82) is 0 Å². The summed E-state index contributed by atoms with van der Waals surface area (Å²) in [6, 6.07) is 6.32. The molecule has 0 unspecified atom stereocenters. The fourth-order valence-electron chi connectivity index (χ4n) is 0.782. The summed E-state index contributed by atoms with van der Waals surface area (Å²) in [6.45, 7) is 0.830. The third-order valence-electron chi connectivity index (χ3n) is 1.39. The second-order valence-electron chi connectivity index (χ2n) is 2.38. The Bertz CT molecular complexity index is 201. The van der Waals surface area contributed by atoms with Crippen LogP contribution in [0.4, 0.5) is 0 Å². The minimum absolute atomic E-state index is 0.222. The number of aromatic nitrogens is 1. The maximum Gasteiger partial charge on any atom is 0.213 e. The molecule has 1 N–H and O–H groups in total. The molecule has 0 aliphatic rings. The van der Waals surface area contributed by atoms with E-state index in [1.807, 2.05) is 0 Å². The molecule has 0 spiro atoms.